The Hall–Kier alpha value is -2.17. The summed E-state index contributed by atoms with van der Waals surface area (Å²) >= 11 is 0. The van der Waals surface area contributed by atoms with Crippen LogP contribution >= 0.6 is 0 Å². The van der Waals surface area contributed by atoms with Crippen LogP contribution in [0.25, 0.3) is 0 Å². The lowest BCUT2D eigenvalue weighted by Gasteiger charge is -2.08. The van der Waals surface area contributed by atoms with Gasteiger partial charge in [0.2, 0.25) is 0 Å². The molecular formula is C13H10F3NO. The van der Waals surface area contributed by atoms with E-state index < -0.39 is 23.2 Å². The Labute approximate surface area is 102 Å². The molecule has 0 aliphatic heterocycles. The maximum Gasteiger partial charge on any atom is 0.187 e. The smallest absolute Gasteiger partial charge is 0.187 e. The first-order valence-corrected chi connectivity index (χ1v) is 5.23. The van der Waals surface area contributed by atoms with Crippen molar-refractivity contribution in [3.8, 4) is 5.75 Å². The molecule has 0 unspecified atom stereocenters. The van der Waals surface area contributed by atoms with Gasteiger partial charge in [-0.1, -0.05) is 12.1 Å². The minimum absolute atomic E-state index is 0.0506. The molecule has 2 aromatic rings. The molecule has 0 heterocycles. The van der Waals surface area contributed by atoms with E-state index in [2.05, 4.69) is 5.32 Å². The molecule has 0 saturated heterocycles. The minimum Gasteiger partial charge on any atom is -0.503 e. The molecule has 2 N–H and O–H groups in total. The van der Waals surface area contributed by atoms with Gasteiger partial charge in [-0.3, -0.25) is 0 Å². The van der Waals surface area contributed by atoms with Crippen molar-refractivity contribution in [1.82, 2.24) is 0 Å². The van der Waals surface area contributed by atoms with E-state index in [1.165, 1.54) is 12.1 Å². The van der Waals surface area contributed by atoms with Gasteiger partial charge in [0.05, 0.1) is 5.69 Å². The Morgan fingerprint density at radius 1 is 0.944 bits per heavy atom. The maximum absolute atomic E-state index is 13.3. The van der Waals surface area contributed by atoms with E-state index in [4.69, 9.17) is 5.11 Å². The topological polar surface area (TPSA) is 32.3 Å². The molecule has 0 aliphatic rings. The van der Waals surface area contributed by atoms with Gasteiger partial charge in [-0.2, -0.15) is 0 Å². The van der Waals surface area contributed by atoms with Crippen molar-refractivity contribution in [2.45, 2.75) is 6.54 Å². The number of para-hydroxylation sites is 1. The lowest BCUT2D eigenvalue weighted by molar-refractivity contribution is 0.395. The number of halogens is 3. The summed E-state index contributed by atoms with van der Waals surface area (Å²) in [4.78, 5) is 0. The number of rotatable bonds is 3. The van der Waals surface area contributed by atoms with Crippen LogP contribution in [0.2, 0.25) is 0 Å². The highest BCUT2D eigenvalue weighted by Gasteiger charge is 2.09. The number of benzene rings is 2. The number of phenolic OH excluding ortho intramolecular Hbond substituents is 1. The van der Waals surface area contributed by atoms with Gasteiger partial charge in [0, 0.05) is 6.54 Å². The molecule has 2 rings (SSSR count). The van der Waals surface area contributed by atoms with Crippen molar-refractivity contribution in [3.05, 3.63) is 59.4 Å². The van der Waals surface area contributed by atoms with E-state index in [0.29, 0.717) is 0 Å². The molecule has 0 aliphatic carbocycles. The first-order valence-electron chi connectivity index (χ1n) is 5.23. The molecule has 94 valence electrons. The van der Waals surface area contributed by atoms with Crippen molar-refractivity contribution >= 4 is 5.69 Å². The van der Waals surface area contributed by atoms with Gasteiger partial charge in [0.25, 0.3) is 0 Å². The number of aromatic hydroxyl groups is 1. The summed E-state index contributed by atoms with van der Waals surface area (Å²) in [6.07, 6.45) is 0. The molecule has 0 fully saturated rings. The number of phenols is 1. The molecule has 0 amide bonds. The summed E-state index contributed by atoms with van der Waals surface area (Å²) < 4.78 is 39.4. The van der Waals surface area contributed by atoms with Gasteiger partial charge in [-0.05, 0) is 29.8 Å². The van der Waals surface area contributed by atoms with Gasteiger partial charge >= 0.3 is 0 Å². The zero-order valence-electron chi connectivity index (χ0n) is 9.25. The van der Waals surface area contributed by atoms with Crippen LogP contribution in [0.1, 0.15) is 5.56 Å². The predicted octanol–water partition coefficient (Wildman–Crippen LogP) is 3.42. The predicted molar refractivity (Wildman–Crippen MR) is 61.7 cm³/mol. The van der Waals surface area contributed by atoms with Crippen molar-refractivity contribution in [2.75, 3.05) is 5.32 Å². The largest absolute Gasteiger partial charge is 0.503 e. The monoisotopic (exact) mass is 253 g/mol. The minimum atomic E-state index is -1.04. The third kappa shape index (κ3) is 2.56. The average molecular weight is 253 g/mol. The van der Waals surface area contributed by atoms with E-state index >= 15 is 0 Å². The van der Waals surface area contributed by atoms with E-state index in [1.54, 1.807) is 12.1 Å². The van der Waals surface area contributed by atoms with E-state index in [-0.39, 0.29) is 17.8 Å². The van der Waals surface area contributed by atoms with Crippen LogP contribution in [0, 0.1) is 17.5 Å². The number of hydrogen-bond donors (Lipinski definition) is 2. The van der Waals surface area contributed by atoms with E-state index in [9.17, 15) is 13.2 Å². The molecule has 2 nitrogen and oxygen atoms in total. The van der Waals surface area contributed by atoms with Crippen molar-refractivity contribution in [3.63, 3.8) is 0 Å². The SMILES string of the molecule is Oc1c(F)cc(CNc2ccccc2F)cc1F. The van der Waals surface area contributed by atoms with Crippen LogP contribution in [0.15, 0.2) is 36.4 Å². The second kappa shape index (κ2) is 5.00. The maximum atomic E-state index is 13.3. The van der Waals surface area contributed by atoms with Gasteiger partial charge in [0.1, 0.15) is 5.82 Å². The summed E-state index contributed by atoms with van der Waals surface area (Å²) in [5.41, 5.74) is 0.512. The molecule has 0 bridgehead atoms. The summed E-state index contributed by atoms with van der Waals surface area (Å²) in [6.45, 7) is 0.0506. The highest BCUT2D eigenvalue weighted by atomic mass is 19.1. The summed E-state index contributed by atoms with van der Waals surface area (Å²) in [7, 11) is 0. The zero-order valence-corrected chi connectivity index (χ0v) is 9.25. The van der Waals surface area contributed by atoms with Crippen LogP contribution < -0.4 is 5.32 Å². The molecule has 5 heteroatoms. The van der Waals surface area contributed by atoms with E-state index in [0.717, 1.165) is 12.1 Å². The third-order valence-electron chi connectivity index (χ3n) is 2.43. The van der Waals surface area contributed by atoms with Crippen molar-refractivity contribution < 1.29 is 18.3 Å². The molecule has 2 aromatic carbocycles. The summed E-state index contributed by atoms with van der Waals surface area (Å²) in [5.74, 6) is -3.54. The quantitative estimate of drug-likeness (QED) is 0.878. The Morgan fingerprint density at radius 3 is 2.17 bits per heavy atom. The highest BCUT2D eigenvalue weighted by molar-refractivity contribution is 5.45. The molecule has 0 spiro atoms. The van der Waals surface area contributed by atoms with Crippen molar-refractivity contribution in [2.24, 2.45) is 0 Å². The Bertz CT molecular complexity index is 549. The number of hydrogen-bond acceptors (Lipinski definition) is 2. The van der Waals surface area contributed by atoms with Crippen LogP contribution in [0.5, 0.6) is 5.75 Å². The second-order valence-corrected chi connectivity index (χ2v) is 3.74. The first-order chi connectivity index (χ1) is 8.58. The standard InChI is InChI=1S/C13H10F3NO/c14-9-3-1-2-4-12(9)17-7-8-5-10(15)13(18)11(16)6-8/h1-6,17-18H,7H2. The van der Waals surface area contributed by atoms with Crippen molar-refractivity contribution in [1.29, 1.82) is 0 Å². The molecular weight excluding hydrogens is 243 g/mol. The second-order valence-electron chi connectivity index (χ2n) is 3.74. The summed E-state index contributed by atoms with van der Waals surface area (Å²) in [6, 6.07) is 7.96. The molecule has 0 atom stereocenters. The Balaban J connectivity index is 2.14. The first kappa shape index (κ1) is 12.3. The van der Waals surface area contributed by atoms with Gasteiger partial charge in [-0.15, -0.1) is 0 Å². The normalized spacial score (nSPS) is 10.4. The van der Waals surface area contributed by atoms with Gasteiger partial charge in [-0.25, -0.2) is 13.2 Å². The molecule has 0 aromatic heterocycles. The lowest BCUT2D eigenvalue weighted by Crippen LogP contribution is -2.02. The molecule has 0 saturated carbocycles. The van der Waals surface area contributed by atoms with Crippen LogP contribution in [-0.4, -0.2) is 5.11 Å². The fraction of sp³-hybridized carbons (Fsp3) is 0.0769. The fourth-order valence-electron chi connectivity index (χ4n) is 1.52. The Kier molecular flexibility index (Phi) is 3.41. The van der Waals surface area contributed by atoms with Crippen LogP contribution in [-0.2, 0) is 6.54 Å². The lowest BCUT2D eigenvalue weighted by atomic mass is 10.2. The zero-order chi connectivity index (χ0) is 13.1. The average Bonchev–Trinajstić information content (AvgIpc) is 2.35. The summed E-state index contributed by atoms with van der Waals surface area (Å²) in [5, 5.41) is 11.6. The van der Waals surface area contributed by atoms with Crippen LogP contribution in [0.4, 0.5) is 18.9 Å². The van der Waals surface area contributed by atoms with Gasteiger partial charge < -0.3 is 10.4 Å². The highest BCUT2D eigenvalue weighted by Crippen LogP contribution is 2.22. The molecule has 0 radical (unpaired) electrons. The van der Waals surface area contributed by atoms with E-state index in [1.807, 2.05) is 0 Å². The van der Waals surface area contributed by atoms with Gasteiger partial charge in [0.15, 0.2) is 17.4 Å². The Morgan fingerprint density at radius 2 is 1.56 bits per heavy atom. The molecule has 18 heavy (non-hydrogen) atoms. The fourth-order valence-corrected chi connectivity index (χ4v) is 1.52. The number of anilines is 1. The number of nitrogens with one attached hydrogen (secondary N) is 1. The third-order valence-corrected chi connectivity index (χ3v) is 2.43. The van der Waals surface area contributed by atoms with Crippen LogP contribution in [0.3, 0.4) is 0 Å².